The van der Waals surface area contributed by atoms with E-state index in [0.29, 0.717) is 24.4 Å². The molecule has 0 atom stereocenters. The van der Waals surface area contributed by atoms with E-state index >= 15 is 0 Å². The summed E-state index contributed by atoms with van der Waals surface area (Å²) >= 11 is 0. The Morgan fingerprint density at radius 2 is 1.63 bits per heavy atom. The van der Waals surface area contributed by atoms with Gasteiger partial charge in [-0.1, -0.05) is 12.1 Å². The summed E-state index contributed by atoms with van der Waals surface area (Å²) in [4.78, 5) is 27.4. The fraction of sp³-hybridized carbons (Fsp3) is 0.391. The van der Waals surface area contributed by atoms with Gasteiger partial charge >= 0.3 is 5.97 Å². The summed E-state index contributed by atoms with van der Waals surface area (Å²) in [7, 11) is 1.67. The van der Waals surface area contributed by atoms with Crippen LogP contribution in [0.1, 0.15) is 22.8 Å². The number of methoxy groups -OCH3 is 1. The molecule has 0 radical (unpaired) electrons. The van der Waals surface area contributed by atoms with Crippen LogP contribution >= 0.6 is 0 Å². The van der Waals surface area contributed by atoms with Gasteiger partial charge in [-0.3, -0.25) is 4.79 Å². The van der Waals surface area contributed by atoms with Crippen LogP contribution in [0.4, 0.5) is 5.69 Å². The van der Waals surface area contributed by atoms with Gasteiger partial charge < -0.3 is 24.6 Å². The Balaban J connectivity index is 1.47. The highest BCUT2D eigenvalue weighted by Crippen LogP contribution is 2.16. The van der Waals surface area contributed by atoms with Crippen molar-refractivity contribution in [1.82, 2.24) is 0 Å². The van der Waals surface area contributed by atoms with Crippen LogP contribution in [-0.4, -0.2) is 58.3 Å². The smallest absolute Gasteiger partial charge is 0.340 e. The lowest BCUT2D eigenvalue weighted by Gasteiger charge is -2.29. The van der Waals surface area contributed by atoms with Gasteiger partial charge in [0.15, 0.2) is 6.54 Å². The molecule has 1 fully saturated rings. The van der Waals surface area contributed by atoms with Gasteiger partial charge in [-0.25, -0.2) is 4.79 Å². The number of hydrogen-bond donors (Lipinski definition) is 3. The standard InChI is InChI=1S/C23H29N3O4/c1-3-30-23(28)20-6-4-5-7-21(20)24-22(27)17-26-14-12-25(13-15-26)16-18-8-10-19(29-2)11-9-18/h4-11H,3,12-17H2,1-2H3,(H,24,27)/p+2. The highest BCUT2D eigenvalue weighted by molar-refractivity contribution is 6.01. The minimum Gasteiger partial charge on any atom is -0.497 e. The van der Waals surface area contributed by atoms with Gasteiger partial charge in [0.05, 0.1) is 25.0 Å². The van der Waals surface area contributed by atoms with Gasteiger partial charge in [0.2, 0.25) is 0 Å². The number of nitrogens with one attached hydrogen (secondary N) is 3. The van der Waals surface area contributed by atoms with E-state index in [-0.39, 0.29) is 5.91 Å². The van der Waals surface area contributed by atoms with E-state index in [1.807, 2.05) is 12.1 Å². The molecule has 3 rings (SSSR count). The number of carbonyl (C=O) groups is 2. The highest BCUT2D eigenvalue weighted by Gasteiger charge is 2.25. The first-order chi connectivity index (χ1) is 14.6. The Labute approximate surface area is 177 Å². The third-order valence-corrected chi connectivity index (χ3v) is 5.38. The zero-order valence-electron chi connectivity index (χ0n) is 17.7. The van der Waals surface area contributed by atoms with Crippen LogP contribution in [0.25, 0.3) is 0 Å². The van der Waals surface area contributed by atoms with Crippen molar-refractivity contribution < 1.29 is 28.9 Å². The van der Waals surface area contributed by atoms with Crippen molar-refractivity contribution in [3.8, 4) is 5.75 Å². The van der Waals surface area contributed by atoms with Gasteiger partial charge in [0.1, 0.15) is 38.5 Å². The molecule has 1 aliphatic heterocycles. The Hall–Kier alpha value is -2.90. The zero-order chi connectivity index (χ0) is 21.3. The number of rotatable bonds is 8. The lowest BCUT2D eigenvalue weighted by Crippen LogP contribution is -3.28. The zero-order valence-corrected chi connectivity index (χ0v) is 17.7. The van der Waals surface area contributed by atoms with E-state index in [0.717, 1.165) is 38.5 Å². The van der Waals surface area contributed by atoms with Crippen LogP contribution in [-0.2, 0) is 16.1 Å². The normalized spacial score (nSPS) is 18.5. The summed E-state index contributed by atoms with van der Waals surface area (Å²) in [5.41, 5.74) is 2.18. The lowest BCUT2D eigenvalue weighted by molar-refractivity contribution is -1.02. The lowest BCUT2D eigenvalue weighted by atomic mass is 10.1. The summed E-state index contributed by atoms with van der Waals surface area (Å²) in [6, 6.07) is 15.2. The number of piperazine rings is 1. The molecule has 0 spiro atoms. The molecule has 30 heavy (non-hydrogen) atoms. The van der Waals surface area contributed by atoms with E-state index in [1.165, 1.54) is 15.4 Å². The fourth-order valence-electron chi connectivity index (χ4n) is 3.74. The molecule has 3 N–H and O–H groups in total. The number of amides is 1. The molecule has 0 aromatic heterocycles. The molecule has 1 heterocycles. The molecule has 0 aliphatic carbocycles. The molecule has 7 heteroatoms. The van der Waals surface area contributed by atoms with Gasteiger partial charge in [-0.15, -0.1) is 0 Å². The third kappa shape index (κ3) is 6.05. The van der Waals surface area contributed by atoms with Gasteiger partial charge in [-0.05, 0) is 43.3 Å². The number of ether oxygens (including phenoxy) is 2. The molecule has 7 nitrogen and oxygen atoms in total. The number of carbonyl (C=O) groups excluding carboxylic acids is 2. The van der Waals surface area contributed by atoms with Crippen LogP contribution < -0.4 is 19.9 Å². The maximum absolute atomic E-state index is 12.5. The molecule has 2 aromatic carbocycles. The van der Waals surface area contributed by atoms with Gasteiger partial charge in [0.25, 0.3) is 5.91 Å². The van der Waals surface area contributed by atoms with Crippen molar-refractivity contribution >= 4 is 17.6 Å². The predicted molar refractivity (Wildman–Crippen MR) is 114 cm³/mol. The van der Waals surface area contributed by atoms with Crippen molar-refractivity contribution in [2.45, 2.75) is 13.5 Å². The van der Waals surface area contributed by atoms with Crippen LogP contribution in [0.2, 0.25) is 0 Å². The highest BCUT2D eigenvalue weighted by atomic mass is 16.5. The Morgan fingerprint density at radius 3 is 2.30 bits per heavy atom. The first kappa shape index (κ1) is 21.8. The van der Waals surface area contributed by atoms with Crippen LogP contribution in [0.3, 0.4) is 0 Å². The summed E-state index contributed by atoms with van der Waals surface area (Å²) < 4.78 is 10.3. The summed E-state index contributed by atoms with van der Waals surface area (Å²) in [6.07, 6.45) is 0. The topological polar surface area (TPSA) is 73.5 Å². The average Bonchev–Trinajstić information content (AvgIpc) is 2.76. The number of benzene rings is 2. The van der Waals surface area contributed by atoms with Crippen molar-refractivity contribution in [3.05, 3.63) is 59.7 Å². The van der Waals surface area contributed by atoms with Crippen LogP contribution in [0.5, 0.6) is 5.75 Å². The number of quaternary nitrogens is 2. The van der Waals surface area contributed by atoms with E-state index in [2.05, 4.69) is 17.4 Å². The third-order valence-electron chi connectivity index (χ3n) is 5.38. The van der Waals surface area contributed by atoms with Crippen molar-refractivity contribution in [2.24, 2.45) is 0 Å². The molecule has 160 valence electrons. The Kier molecular flexibility index (Phi) is 7.82. The molecule has 0 saturated carbocycles. The van der Waals surface area contributed by atoms with Crippen molar-refractivity contribution in [3.63, 3.8) is 0 Å². The minimum absolute atomic E-state index is 0.0830. The largest absolute Gasteiger partial charge is 0.497 e. The summed E-state index contributed by atoms with van der Waals surface area (Å²) in [6.45, 7) is 7.37. The van der Waals surface area contributed by atoms with Gasteiger partial charge in [0, 0.05) is 5.56 Å². The molecule has 1 saturated heterocycles. The van der Waals surface area contributed by atoms with Crippen molar-refractivity contribution in [2.75, 3.05) is 51.8 Å². The second kappa shape index (κ2) is 10.8. The molecular formula is C23H31N3O4+2. The van der Waals surface area contributed by atoms with E-state index < -0.39 is 5.97 Å². The van der Waals surface area contributed by atoms with Crippen molar-refractivity contribution in [1.29, 1.82) is 0 Å². The summed E-state index contributed by atoms with van der Waals surface area (Å²) in [5, 5.41) is 2.88. The predicted octanol–water partition coefficient (Wildman–Crippen LogP) is -0.206. The Morgan fingerprint density at radius 1 is 0.967 bits per heavy atom. The molecule has 1 aliphatic rings. The SMILES string of the molecule is CCOC(=O)c1ccccc1NC(=O)C[NH+]1CC[NH+](Cc2ccc(OC)cc2)CC1. The number of hydrogen-bond acceptors (Lipinski definition) is 4. The summed E-state index contributed by atoms with van der Waals surface area (Å²) in [5.74, 6) is 0.371. The second-order valence-electron chi connectivity index (χ2n) is 7.52. The van der Waals surface area contributed by atoms with E-state index in [9.17, 15) is 9.59 Å². The number of para-hydroxylation sites is 1. The van der Waals surface area contributed by atoms with Gasteiger partial charge in [-0.2, -0.15) is 0 Å². The first-order valence-corrected chi connectivity index (χ1v) is 10.4. The van der Waals surface area contributed by atoms with E-state index in [1.54, 1.807) is 38.3 Å². The average molecular weight is 414 g/mol. The molecule has 1 amide bonds. The number of anilines is 1. The molecule has 2 aromatic rings. The number of esters is 1. The second-order valence-corrected chi connectivity index (χ2v) is 7.52. The van der Waals surface area contributed by atoms with Crippen LogP contribution in [0, 0.1) is 0 Å². The fourth-order valence-corrected chi connectivity index (χ4v) is 3.74. The quantitative estimate of drug-likeness (QED) is 0.524. The molecule has 0 unspecified atom stereocenters. The first-order valence-electron chi connectivity index (χ1n) is 10.4. The monoisotopic (exact) mass is 413 g/mol. The minimum atomic E-state index is -0.420. The Bertz CT molecular complexity index is 846. The maximum Gasteiger partial charge on any atom is 0.340 e. The van der Waals surface area contributed by atoms with Crippen LogP contribution in [0.15, 0.2) is 48.5 Å². The maximum atomic E-state index is 12.5. The molecular weight excluding hydrogens is 382 g/mol. The van der Waals surface area contributed by atoms with E-state index in [4.69, 9.17) is 9.47 Å². The molecule has 0 bridgehead atoms.